The molecule has 26 heavy (non-hydrogen) atoms. The average molecular weight is 391 g/mol. The van der Waals surface area contributed by atoms with Crippen molar-refractivity contribution in [2.45, 2.75) is 12.4 Å². The molecule has 3 rings (SSSR count). The fraction of sp³-hybridized carbons (Fsp3) is 0.211. The number of aryl methyl sites for hydroxylation is 1. The van der Waals surface area contributed by atoms with Gasteiger partial charge in [0.15, 0.2) is 17.0 Å². The Morgan fingerprint density at radius 3 is 2.73 bits per heavy atom. The second kappa shape index (κ2) is 7.93. The van der Waals surface area contributed by atoms with Crippen molar-refractivity contribution in [3.05, 3.63) is 57.5 Å². The Morgan fingerprint density at radius 2 is 2.04 bits per heavy atom. The van der Waals surface area contributed by atoms with Crippen LogP contribution < -0.4 is 20.1 Å². The maximum absolute atomic E-state index is 12.3. The second-order valence-electron chi connectivity index (χ2n) is 5.67. The van der Waals surface area contributed by atoms with Gasteiger partial charge in [0.05, 0.1) is 19.1 Å². The first kappa shape index (κ1) is 18.5. The number of anilines is 1. The topological polar surface area (TPSA) is 59.6 Å². The first-order valence-corrected chi connectivity index (χ1v) is 9.20. The lowest BCUT2D eigenvalue weighted by Gasteiger charge is -2.15. The normalized spacial score (nSPS) is 17.9. The van der Waals surface area contributed by atoms with Crippen molar-refractivity contribution >= 4 is 41.0 Å². The summed E-state index contributed by atoms with van der Waals surface area (Å²) in [4.78, 5) is 12.9. The summed E-state index contributed by atoms with van der Waals surface area (Å²) < 4.78 is 10.7. The Balaban J connectivity index is 1.81. The summed E-state index contributed by atoms with van der Waals surface area (Å²) in [5.41, 5.74) is 2.46. The molecule has 7 heteroatoms. The van der Waals surface area contributed by atoms with E-state index in [1.807, 2.05) is 43.3 Å². The monoisotopic (exact) mass is 390 g/mol. The van der Waals surface area contributed by atoms with Gasteiger partial charge in [-0.25, -0.2) is 0 Å². The van der Waals surface area contributed by atoms with Crippen molar-refractivity contribution in [3.63, 3.8) is 0 Å². The minimum atomic E-state index is -0.259. The van der Waals surface area contributed by atoms with Gasteiger partial charge >= 0.3 is 0 Å². The Labute approximate surface area is 161 Å². The molecule has 1 atom stereocenters. The van der Waals surface area contributed by atoms with E-state index in [4.69, 9.17) is 21.1 Å². The summed E-state index contributed by atoms with van der Waals surface area (Å²) in [6.45, 7) is 1.97. The highest BCUT2D eigenvalue weighted by Crippen LogP contribution is 2.36. The zero-order valence-electron chi connectivity index (χ0n) is 14.6. The molecular weight excluding hydrogens is 372 g/mol. The molecule has 1 saturated heterocycles. The predicted octanol–water partition coefficient (Wildman–Crippen LogP) is 4.27. The van der Waals surface area contributed by atoms with E-state index in [1.54, 1.807) is 20.3 Å². The SMILES string of the molecule is COc1cccc(/C=C2\SC(Nc3ccc(Cl)cc3C)NC2=O)c1OC. The third-order valence-electron chi connectivity index (χ3n) is 3.93. The quantitative estimate of drug-likeness (QED) is 0.747. The Kier molecular flexibility index (Phi) is 5.64. The van der Waals surface area contributed by atoms with Crippen LogP contribution in [-0.4, -0.2) is 25.6 Å². The number of halogens is 1. The van der Waals surface area contributed by atoms with Crippen molar-refractivity contribution in [1.29, 1.82) is 0 Å². The lowest BCUT2D eigenvalue weighted by atomic mass is 10.1. The van der Waals surface area contributed by atoms with E-state index < -0.39 is 0 Å². The van der Waals surface area contributed by atoms with Crippen LogP contribution in [0, 0.1) is 6.92 Å². The van der Waals surface area contributed by atoms with E-state index in [2.05, 4.69) is 10.6 Å². The molecule has 2 N–H and O–H groups in total. The molecule has 0 radical (unpaired) electrons. The van der Waals surface area contributed by atoms with Gasteiger partial charge in [0.1, 0.15) is 0 Å². The van der Waals surface area contributed by atoms with Crippen molar-refractivity contribution in [1.82, 2.24) is 5.32 Å². The molecule has 2 aromatic carbocycles. The number of carbonyl (C=O) groups is 1. The molecule has 136 valence electrons. The van der Waals surface area contributed by atoms with Crippen LogP contribution in [0.3, 0.4) is 0 Å². The molecular formula is C19H19ClN2O3S. The van der Waals surface area contributed by atoms with Crippen LogP contribution in [0.15, 0.2) is 41.3 Å². The van der Waals surface area contributed by atoms with Gasteiger partial charge in [-0.3, -0.25) is 4.79 Å². The van der Waals surface area contributed by atoms with Crippen LogP contribution in [-0.2, 0) is 4.79 Å². The average Bonchev–Trinajstić information content (AvgIpc) is 2.96. The number of thioether (sulfide) groups is 1. The molecule has 0 aliphatic carbocycles. The molecule has 1 aliphatic rings. The third-order valence-corrected chi connectivity index (χ3v) is 5.19. The number of benzene rings is 2. The molecule has 0 bridgehead atoms. The molecule has 1 aliphatic heterocycles. The summed E-state index contributed by atoms with van der Waals surface area (Å²) in [6.07, 6.45) is 1.80. The van der Waals surface area contributed by atoms with Crippen LogP contribution >= 0.6 is 23.4 Å². The maximum atomic E-state index is 12.3. The maximum Gasteiger partial charge on any atom is 0.260 e. The van der Waals surface area contributed by atoms with Gasteiger partial charge in [0.25, 0.3) is 5.91 Å². The fourth-order valence-electron chi connectivity index (χ4n) is 2.66. The molecule has 2 aromatic rings. The highest BCUT2D eigenvalue weighted by atomic mass is 35.5. The summed E-state index contributed by atoms with van der Waals surface area (Å²) in [5.74, 6) is 1.08. The molecule has 0 saturated carbocycles. The molecule has 1 fully saturated rings. The van der Waals surface area contributed by atoms with Gasteiger partial charge < -0.3 is 20.1 Å². The number of hydrogen-bond acceptors (Lipinski definition) is 5. The van der Waals surface area contributed by atoms with E-state index in [0.29, 0.717) is 21.4 Å². The van der Waals surface area contributed by atoms with Gasteiger partial charge in [-0.15, -0.1) is 0 Å². The van der Waals surface area contributed by atoms with Crippen LogP contribution in [0.5, 0.6) is 11.5 Å². The lowest BCUT2D eigenvalue weighted by molar-refractivity contribution is -0.116. The first-order chi connectivity index (χ1) is 12.5. The molecule has 1 amide bonds. The number of para-hydroxylation sites is 1. The number of methoxy groups -OCH3 is 2. The predicted molar refractivity (Wildman–Crippen MR) is 107 cm³/mol. The van der Waals surface area contributed by atoms with Crippen molar-refractivity contribution in [3.8, 4) is 11.5 Å². The Bertz CT molecular complexity index is 870. The van der Waals surface area contributed by atoms with Crippen LogP contribution in [0.4, 0.5) is 5.69 Å². The van der Waals surface area contributed by atoms with Crippen LogP contribution in [0.1, 0.15) is 11.1 Å². The van der Waals surface area contributed by atoms with Gasteiger partial charge in [-0.2, -0.15) is 0 Å². The number of hydrogen-bond donors (Lipinski definition) is 2. The minimum Gasteiger partial charge on any atom is -0.493 e. The number of nitrogens with one attached hydrogen (secondary N) is 2. The minimum absolute atomic E-state index is 0.135. The van der Waals surface area contributed by atoms with Gasteiger partial charge in [0, 0.05) is 16.3 Å². The molecule has 0 aromatic heterocycles. The summed E-state index contributed by atoms with van der Waals surface area (Å²) in [6, 6.07) is 11.2. The molecule has 5 nitrogen and oxygen atoms in total. The standard InChI is InChI=1S/C19H19ClN2O3S/c1-11-9-13(20)7-8-14(11)21-19-22-18(23)16(26-19)10-12-5-4-6-15(24-2)17(12)25-3/h4-10,19,21H,1-3H3,(H,22,23)/b16-10-. The number of amides is 1. The van der Waals surface area contributed by atoms with E-state index in [9.17, 15) is 4.79 Å². The van der Waals surface area contributed by atoms with E-state index in [-0.39, 0.29) is 11.4 Å². The van der Waals surface area contributed by atoms with E-state index >= 15 is 0 Å². The fourth-order valence-corrected chi connectivity index (χ4v) is 3.86. The van der Waals surface area contributed by atoms with Crippen molar-refractivity contribution in [2.75, 3.05) is 19.5 Å². The van der Waals surface area contributed by atoms with Crippen LogP contribution in [0.2, 0.25) is 5.02 Å². The number of ether oxygens (including phenoxy) is 2. The first-order valence-electron chi connectivity index (χ1n) is 7.94. The smallest absolute Gasteiger partial charge is 0.260 e. The van der Waals surface area contributed by atoms with E-state index in [1.165, 1.54) is 11.8 Å². The van der Waals surface area contributed by atoms with Gasteiger partial charge in [-0.1, -0.05) is 35.5 Å². The number of rotatable bonds is 5. The van der Waals surface area contributed by atoms with Crippen molar-refractivity contribution < 1.29 is 14.3 Å². The third kappa shape index (κ3) is 3.92. The summed E-state index contributed by atoms with van der Waals surface area (Å²) in [7, 11) is 3.16. The lowest BCUT2D eigenvalue weighted by Crippen LogP contribution is -2.31. The second-order valence-corrected chi connectivity index (χ2v) is 7.25. The summed E-state index contributed by atoms with van der Waals surface area (Å²) >= 11 is 7.40. The molecule has 1 heterocycles. The Hall–Kier alpha value is -2.31. The zero-order valence-corrected chi connectivity index (χ0v) is 16.2. The number of carbonyl (C=O) groups excluding carboxylic acids is 1. The van der Waals surface area contributed by atoms with Gasteiger partial charge in [0.2, 0.25) is 0 Å². The van der Waals surface area contributed by atoms with Gasteiger partial charge in [-0.05, 0) is 42.8 Å². The zero-order chi connectivity index (χ0) is 18.7. The Morgan fingerprint density at radius 1 is 1.23 bits per heavy atom. The van der Waals surface area contributed by atoms with Crippen molar-refractivity contribution in [2.24, 2.45) is 0 Å². The summed E-state index contributed by atoms with van der Waals surface area (Å²) in [5, 5.41) is 6.91. The molecule has 0 spiro atoms. The largest absolute Gasteiger partial charge is 0.493 e. The highest BCUT2D eigenvalue weighted by Gasteiger charge is 2.28. The van der Waals surface area contributed by atoms with E-state index in [0.717, 1.165) is 16.8 Å². The highest BCUT2D eigenvalue weighted by molar-refractivity contribution is 8.05. The van der Waals surface area contributed by atoms with Crippen LogP contribution in [0.25, 0.3) is 6.08 Å². The molecule has 1 unspecified atom stereocenters.